The monoisotopic (exact) mass is 276 g/mol. The van der Waals surface area contributed by atoms with E-state index in [-0.39, 0.29) is 5.66 Å². The molecule has 0 saturated heterocycles. The van der Waals surface area contributed by atoms with E-state index < -0.39 is 7.60 Å². The summed E-state index contributed by atoms with van der Waals surface area (Å²) in [6.45, 7) is 11.4. The maximum absolute atomic E-state index is 12.9. The molecule has 1 fully saturated rings. The molecule has 0 spiro atoms. The molecule has 108 valence electrons. The van der Waals surface area contributed by atoms with Crippen LogP contribution in [0.3, 0.4) is 0 Å². The van der Waals surface area contributed by atoms with Crippen molar-refractivity contribution in [3.8, 4) is 0 Å². The Balaban J connectivity index is 2.83. The van der Waals surface area contributed by atoms with E-state index in [0.29, 0.717) is 31.0 Å². The Hall–Kier alpha value is 0.150. The number of rotatable bonds is 6. The average Bonchev–Trinajstić information content (AvgIpc) is 2.29. The van der Waals surface area contributed by atoms with Gasteiger partial charge in [0.1, 0.15) is 0 Å². The minimum atomic E-state index is -2.93. The predicted octanol–water partition coefficient (Wildman–Crippen LogP) is 4.71. The van der Waals surface area contributed by atoms with Gasteiger partial charge in [0, 0.05) is 0 Å². The summed E-state index contributed by atoms with van der Waals surface area (Å²) in [7, 11) is -2.93. The molecule has 0 aliphatic heterocycles. The zero-order valence-electron chi connectivity index (χ0n) is 12.5. The Morgan fingerprint density at radius 3 is 2.17 bits per heavy atom. The molecule has 0 aromatic carbocycles. The first-order chi connectivity index (χ1) is 8.44. The van der Waals surface area contributed by atoms with Crippen LogP contribution in [-0.4, -0.2) is 18.9 Å². The van der Waals surface area contributed by atoms with Gasteiger partial charge in [-0.2, -0.15) is 0 Å². The first kappa shape index (κ1) is 16.2. The largest absolute Gasteiger partial charge is 0.333 e. The van der Waals surface area contributed by atoms with Crippen molar-refractivity contribution in [2.45, 2.75) is 59.5 Å². The molecule has 1 aliphatic rings. The summed E-state index contributed by atoms with van der Waals surface area (Å²) in [6.07, 6.45) is 3.36. The SMILES string of the molecule is CCOP(=O)(OCC)[C@H]1C[C@@H](C(C)C)CC[C@@H]1C. The van der Waals surface area contributed by atoms with Gasteiger partial charge in [0.25, 0.3) is 0 Å². The Morgan fingerprint density at radius 2 is 1.72 bits per heavy atom. The molecule has 0 unspecified atom stereocenters. The van der Waals surface area contributed by atoms with Crippen LogP contribution in [0.1, 0.15) is 53.9 Å². The first-order valence-electron chi connectivity index (χ1n) is 7.33. The van der Waals surface area contributed by atoms with Crippen molar-refractivity contribution in [1.29, 1.82) is 0 Å². The lowest BCUT2D eigenvalue weighted by molar-refractivity contribution is 0.170. The Kier molecular flexibility index (Phi) is 6.37. The minimum absolute atomic E-state index is 0.0820. The van der Waals surface area contributed by atoms with Gasteiger partial charge >= 0.3 is 7.60 Å². The average molecular weight is 276 g/mol. The summed E-state index contributed by atoms with van der Waals surface area (Å²) < 4.78 is 24.0. The van der Waals surface area contributed by atoms with Crippen LogP contribution in [0.25, 0.3) is 0 Å². The summed E-state index contributed by atoms with van der Waals surface area (Å²) in [5, 5.41) is 0. The van der Waals surface area contributed by atoms with Crippen molar-refractivity contribution in [2.75, 3.05) is 13.2 Å². The minimum Gasteiger partial charge on any atom is -0.309 e. The summed E-state index contributed by atoms with van der Waals surface area (Å²) >= 11 is 0. The van der Waals surface area contributed by atoms with Crippen molar-refractivity contribution in [3.05, 3.63) is 0 Å². The molecule has 18 heavy (non-hydrogen) atoms. The Bertz CT molecular complexity index is 281. The van der Waals surface area contributed by atoms with Gasteiger partial charge in [-0.05, 0) is 50.9 Å². The van der Waals surface area contributed by atoms with Crippen LogP contribution < -0.4 is 0 Å². The predicted molar refractivity (Wildman–Crippen MR) is 76.0 cm³/mol. The van der Waals surface area contributed by atoms with Crippen molar-refractivity contribution >= 4 is 7.60 Å². The quantitative estimate of drug-likeness (QED) is 0.659. The normalized spacial score (nSPS) is 29.8. The highest BCUT2D eigenvalue weighted by molar-refractivity contribution is 7.54. The molecule has 3 nitrogen and oxygen atoms in total. The molecule has 1 saturated carbocycles. The molecule has 0 bridgehead atoms. The number of hydrogen-bond acceptors (Lipinski definition) is 3. The summed E-state index contributed by atoms with van der Waals surface area (Å²) in [6, 6.07) is 0. The van der Waals surface area contributed by atoms with E-state index in [1.54, 1.807) is 0 Å². The van der Waals surface area contributed by atoms with E-state index >= 15 is 0 Å². The first-order valence-corrected chi connectivity index (χ1v) is 8.94. The van der Waals surface area contributed by atoms with E-state index in [2.05, 4.69) is 20.8 Å². The van der Waals surface area contributed by atoms with E-state index in [0.717, 1.165) is 12.8 Å². The van der Waals surface area contributed by atoms with Crippen LogP contribution in [0.4, 0.5) is 0 Å². The standard InChI is InChI=1S/C14H29O3P/c1-6-16-18(15,17-7-2)14-10-13(11(3)4)9-8-12(14)5/h11-14H,6-10H2,1-5H3/t12-,13-,14-/m0/s1. The lowest BCUT2D eigenvalue weighted by atomic mass is 9.77. The highest BCUT2D eigenvalue weighted by Gasteiger charge is 2.43. The fraction of sp³-hybridized carbons (Fsp3) is 1.00. The molecule has 0 amide bonds. The lowest BCUT2D eigenvalue weighted by Crippen LogP contribution is -2.31. The Labute approximate surface area is 112 Å². The third-order valence-electron chi connectivity index (χ3n) is 4.16. The van der Waals surface area contributed by atoms with Crippen LogP contribution in [-0.2, 0) is 13.6 Å². The smallest absolute Gasteiger partial charge is 0.309 e. The van der Waals surface area contributed by atoms with E-state index in [1.165, 1.54) is 6.42 Å². The second kappa shape index (κ2) is 7.07. The van der Waals surface area contributed by atoms with Crippen molar-refractivity contribution in [2.24, 2.45) is 17.8 Å². The molecule has 3 atom stereocenters. The molecule has 0 heterocycles. The summed E-state index contributed by atoms with van der Waals surface area (Å²) in [5.41, 5.74) is 0.0820. The molecule has 0 aromatic heterocycles. The van der Waals surface area contributed by atoms with Crippen LogP contribution in [0.2, 0.25) is 0 Å². The maximum atomic E-state index is 12.9. The third-order valence-corrected chi connectivity index (χ3v) is 6.93. The van der Waals surface area contributed by atoms with Crippen LogP contribution in [0.15, 0.2) is 0 Å². The van der Waals surface area contributed by atoms with Gasteiger partial charge in [-0.3, -0.25) is 4.57 Å². The van der Waals surface area contributed by atoms with Crippen molar-refractivity contribution < 1.29 is 13.6 Å². The van der Waals surface area contributed by atoms with Gasteiger partial charge in [0.15, 0.2) is 0 Å². The summed E-state index contributed by atoms with van der Waals surface area (Å²) in [5.74, 6) is 1.74. The van der Waals surface area contributed by atoms with Crippen molar-refractivity contribution in [3.63, 3.8) is 0 Å². The summed E-state index contributed by atoms with van der Waals surface area (Å²) in [4.78, 5) is 0. The second-order valence-electron chi connectivity index (χ2n) is 5.74. The van der Waals surface area contributed by atoms with Crippen LogP contribution in [0, 0.1) is 17.8 Å². The molecule has 1 aliphatic carbocycles. The van der Waals surface area contributed by atoms with Gasteiger partial charge in [0.2, 0.25) is 0 Å². The van der Waals surface area contributed by atoms with E-state index in [9.17, 15) is 4.57 Å². The topological polar surface area (TPSA) is 35.5 Å². The number of hydrogen-bond donors (Lipinski definition) is 0. The molecule has 0 aromatic rings. The zero-order chi connectivity index (χ0) is 13.8. The van der Waals surface area contributed by atoms with Crippen LogP contribution >= 0.6 is 7.60 Å². The van der Waals surface area contributed by atoms with E-state index in [4.69, 9.17) is 9.05 Å². The molecular formula is C14H29O3P. The second-order valence-corrected chi connectivity index (χ2v) is 8.00. The van der Waals surface area contributed by atoms with Crippen LogP contribution in [0.5, 0.6) is 0 Å². The van der Waals surface area contributed by atoms with Gasteiger partial charge in [-0.15, -0.1) is 0 Å². The fourth-order valence-electron chi connectivity index (χ4n) is 2.96. The molecule has 1 rings (SSSR count). The molecule has 4 heteroatoms. The highest BCUT2D eigenvalue weighted by atomic mass is 31.2. The lowest BCUT2D eigenvalue weighted by Gasteiger charge is -2.39. The highest BCUT2D eigenvalue weighted by Crippen LogP contribution is 2.60. The maximum Gasteiger partial charge on any atom is 0.333 e. The van der Waals surface area contributed by atoms with Gasteiger partial charge in [0.05, 0.1) is 18.9 Å². The molecular weight excluding hydrogens is 247 g/mol. The van der Waals surface area contributed by atoms with Gasteiger partial charge in [-0.1, -0.05) is 20.8 Å². The Morgan fingerprint density at radius 1 is 1.17 bits per heavy atom. The van der Waals surface area contributed by atoms with Gasteiger partial charge in [-0.25, -0.2) is 0 Å². The zero-order valence-corrected chi connectivity index (χ0v) is 13.4. The van der Waals surface area contributed by atoms with Gasteiger partial charge < -0.3 is 9.05 Å². The third kappa shape index (κ3) is 3.82. The fourth-order valence-corrected chi connectivity index (χ4v) is 5.44. The molecule has 0 N–H and O–H groups in total. The molecule has 0 radical (unpaired) electrons. The van der Waals surface area contributed by atoms with E-state index in [1.807, 2.05) is 13.8 Å². The van der Waals surface area contributed by atoms with Crippen molar-refractivity contribution in [1.82, 2.24) is 0 Å².